The van der Waals surface area contributed by atoms with Gasteiger partial charge in [0.25, 0.3) is 5.91 Å². The molecule has 0 saturated carbocycles. The van der Waals surface area contributed by atoms with Gasteiger partial charge in [-0.1, -0.05) is 30.3 Å². The molecule has 1 aromatic carbocycles. The van der Waals surface area contributed by atoms with Crippen molar-refractivity contribution in [2.24, 2.45) is 0 Å². The summed E-state index contributed by atoms with van der Waals surface area (Å²) < 4.78 is 10.9. The second kappa shape index (κ2) is 12.6. The molecule has 2 saturated heterocycles. The van der Waals surface area contributed by atoms with Crippen LogP contribution in [0.15, 0.2) is 42.0 Å². The topological polar surface area (TPSA) is 135 Å². The summed E-state index contributed by atoms with van der Waals surface area (Å²) in [5.74, 6) is -1.35. The van der Waals surface area contributed by atoms with Gasteiger partial charge in [0.15, 0.2) is 0 Å². The molecule has 2 amide bonds. The molecule has 2 aliphatic heterocycles. The van der Waals surface area contributed by atoms with E-state index in [1.54, 1.807) is 11.0 Å². The second-order valence-corrected chi connectivity index (χ2v) is 10.4. The molecular formula is C26H37BN4O6. The molecule has 2 heterocycles. The van der Waals surface area contributed by atoms with Gasteiger partial charge in [0.05, 0.1) is 24.7 Å². The van der Waals surface area contributed by atoms with Crippen LogP contribution in [0.1, 0.15) is 39.2 Å². The zero-order chi connectivity index (χ0) is 27.1. The van der Waals surface area contributed by atoms with Crippen molar-refractivity contribution >= 4 is 19.1 Å². The lowest BCUT2D eigenvalue weighted by Gasteiger charge is -2.39. The minimum absolute atomic E-state index is 0.0559. The number of benzene rings is 1. The molecule has 3 N–H and O–H groups in total. The SMILES string of the molecule is CC(C)(C=C(C#N)C(=O)N1CCCC1(C)COC(=O)N[C@@H](Cc1ccccc1)B(O)O)N1CCOCC1. The van der Waals surface area contributed by atoms with Crippen LogP contribution in [0.4, 0.5) is 4.79 Å². The van der Waals surface area contributed by atoms with Crippen LogP contribution in [0.3, 0.4) is 0 Å². The maximum atomic E-state index is 13.4. The first kappa shape index (κ1) is 28.7. The number of nitrogens with one attached hydrogen (secondary N) is 1. The Morgan fingerprint density at radius 1 is 1.27 bits per heavy atom. The molecule has 1 aromatic rings. The predicted molar refractivity (Wildman–Crippen MR) is 138 cm³/mol. The highest BCUT2D eigenvalue weighted by atomic mass is 16.6. The molecule has 37 heavy (non-hydrogen) atoms. The van der Waals surface area contributed by atoms with Crippen LogP contribution >= 0.6 is 0 Å². The van der Waals surface area contributed by atoms with Crippen molar-refractivity contribution in [3.63, 3.8) is 0 Å². The Kier molecular flexibility index (Phi) is 9.73. The van der Waals surface area contributed by atoms with Crippen LogP contribution in [0, 0.1) is 11.3 Å². The molecule has 0 radical (unpaired) electrons. The highest BCUT2D eigenvalue weighted by molar-refractivity contribution is 6.43. The van der Waals surface area contributed by atoms with E-state index in [4.69, 9.17) is 9.47 Å². The maximum absolute atomic E-state index is 13.4. The Balaban J connectivity index is 1.64. The standard InChI is InChI=1S/C26H37BN4O6/c1-25(2,30-12-14-36-15-13-30)17-21(18-28)23(32)31-11-7-10-26(31,3)19-37-24(33)29-22(27(34)35)16-20-8-5-4-6-9-20/h4-6,8-9,17,22,34-35H,7,10-16,19H2,1-3H3,(H,29,33)/t22-,26?/m0/s1. The average molecular weight is 512 g/mol. The van der Waals surface area contributed by atoms with Gasteiger partial charge in [-0.15, -0.1) is 0 Å². The van der Waals surface area contributed by atoms with Gasteiger partial charge in [-0.25, -0.2) is 4.79 Å². The number of carbonyl (C=O) groups is 2. The number of nitriles is 1. The first-order valence-corrected chi connectivity index (χ1v) is 12.7. The number of rotatable bonds is 9. The van der Waals surface area contributed by atoms with Crippen molar-refractivity contribution < 1.29 is 29.1 Å². The van der Waals surface area contributed by atoms with E-state index in [9.17, 15) is 24.9 Å². The molecule has 11 heteroatoms. The molecule has 200 valence electrons. The third kappa shape index (κ3) is 7.55. The van der Waals surface area contributed by atoms with Gasteiger partial charge >= 0.3 is 13.2 Å². The Labute approximate surface area is 219 Å². The van der Waals surface area contributed by atoms with E-state index in [0.29, 0.717) is 45.7 Å². The number of carbonyl (C=O) groups excluding carboxylic acids is 2. The number of hydrogen-bond acceptors (Lipinski definition) is 8. The van der Waals surface area contributed by atoms with E-state index in [-0.39, 0.29) is 24.5 Å². The van der Waals surface area contributed by atoms with Crippen molar-refractivity contribution in [3.05, 3.63) is 47.5 Å². The van der Waals surface area contributed by atoms with Crippen LogP contribution in [-0.4, -0.2) is 95.4 Å². The zero-order valence-electron chi connectivity index (χ0n) is 21.9. The number of alkyl carbamates (subject to hydrolysis) is 1. The number of morpholine rings is 1. The molecule has 2 fully saturated rings. The summed E-state index contributed by atoms with van der Waals surface area (Å²) in [6.45, 7) is 8.78. The fourth-order valence-corrected chi connectivity index (χ4v) is 4.90. The van der Waals surface area contributed by atoms with Gasteiger partial charge < -0.3 is 29.7 Å². The lowest BCUT2D eigenvalue weighted by Crippen LogP contribution is -2.52. The largest absolute Gasteiger partial charge is 0.475 e. The summed E-state index contributed by atoms with van der Waals surface area (Å²) in [4.78, 5) is 29.8. The number of amides is 2. The Hall–Kier alpha value is -2.91. The van der Waals surface area contributed by atoms with Crippen molar-refractivity contribution in [3.8, 4) is 6.07 Å². The van der Waals surface area contributed by atoms with E-state index < -0.39 is 30.2 Å². The van der Waals surface area contributed by atoms with E-state index >= 15 is 0 Å². The average Bonchev–Trinajstić information content (AvgIpc) is 3.28. The van der Waals surface area contributed by atoms with Crippen molar-refractivity contribution in [2.75, 3.05) is 39.5 Å². The molecule has 2 atom stereocenters. The third-order valence-corrected chi connectivity index (χ3v) is 7.14. The Bertz CT molecular complexity index is 1010. The van der Waals surface area contributed by atoms with Gasteiger partial charge in [0.1, 0.15) is 18.2 Å². The summed E-state index contributed by atoms with van der Waals surface area (Å²) in [5.41, 5.74) is -0.410. The number of nitrogens with zero attached hydrogens (tertiary/aromatic N) is 3. The normalized spacial score (nSPS) is 21.7. The van der Waals surface area contributed by atoms with Gasteiger partial charge in [0, 0.05) is 25.2 Å². The molecule has 10 nitrogen and oxygen atoms in total. The van der Waals surface area contributed by atoms with Crippen LogP contribution in [0.5, 0.6) is 0 Å². The van der Waals surface area contributed by atoms with E-state index in [1.807, 2.05) is 51.1 Å². The van der Waals surface area contributed by atoms with Crippen molar-refractivity contribution in [1.82, 2.24) is 15.1 Å². The number of hydrogen-bond donors (Lipinski definition) is 3. The minimum Gasteiger partial charge on any atom is -0.447 e. The zero-order valence-corrected chi connectivity index (χ0v) is 21.9. The first-order valence-electron chi connectivity index (χ1n) is 12.7. The summed E-state index contributed by atoms with van der Waals surface area (Å²) in [7, 11) is -1.77. The monoisotopic (exact) mass is 512 g/mol. The van der Waals surface area contributed by atoms with Gasteiger partial charge in [-0.05, 0) is 51.7 Å². The quantitative estimate of drug-likeness (QED) is 0.256. The lowest BCUT2D eigenvalue weighted by atomic mass is 9.76. The summed E-state index contributed by atoms with van der Waals surface area (Å²) in [5, 5.41) is 31.8. The number of ether oxygens (including phenoxy) is 2. The smallest absolute Gasteiger partial charge is 0.447 e. The Morgan fingerprint density at radius 2 is 1.95 bits per heavy atom. The highest BCUT2D eigenvalue weighted by Crippen LogP contribution is 2.31. The van der Waals surface area contributed by atoms with E-state index in [0.717, 1.165) is 5.56 Å². The fourth-order valence-electron chi connectivity index (χ4n) is 4.90. The molecule has 0 bridgehead atoms. The van der Waals surface area contributed by atoms with E-state index in [1.165, 1.54) is 0 Å². The summed E-state index contributed by atoms with van der Waals surface area (Å²) >= 11 is 0. The van der Waals surface area contributed by atoms with Crippen LogP contribution in [0.25, 0.3) is 0 Å². The van der Waals surface area contributed by atoms with Crippen LogP contribution < -0.4 is 5.32 Å². The van der Waals surface area contributed by atoms with Crippen molar-refractivity contribution in [1.29, 1.82) is 5.26 Å². The third-order valence-electron chi connectivity index (χ3n) is 7.14. The lowest BCUT2D eigenvalue weighted by molar-refractivity contribution is -0.131. The highest BCUT2D eigenvalue weighted by Gasteiger charge is 2.42. The molecule has 0 aliphatic carbocycles. The first-order chi connectivity index (χ1) is 17.6. The molecular weight excluding hydrogens is 475 g/mol. The summed E-state index contributed by atoms with van der Waals surface area (Å²) in [6, 6.07) is 11.2. The summed E-state index contributed by atoms with van der Waals surface area (Å²) in [6.07, 6.45) is 2.44. The van der Waals surface area contributed by atoms with Gasteiger partial charge in [-0.2, -0.15) is 5.26 Å². The van der Waals surface area contributed by atoms with Crippen LogP contribution in [-0.2, 0) is 20.7 Å². The molecule has 3 rings (SSSR count). The van der Waals surface area contributed by atoms with Crippen molar-refractivity contribution in [2.45, 2.75) is 57.1 Å². The maximum Gasteiger partial charge on any atom is 0.475 e. The molecule has 0 spiro atoms. The number of likely N-dealkylation sites (tertiary alicyclic amines) is 1. The Morgan fingerprint density at radius 3 is 2.57 bits per heavy atom. The minimum atomic E-state index is -1.77. The van der Waals surface area contributed by atoms with Gasteiger partial charge in [0.2, 0.25) is 0 Å². The van der Waals surface area contributed by atoms with Crippen LogP contribution in [0.2, 0.25) is 0 Å². The van der Waals surface area contributed by atoms with E-state index in [2.05, 4.69) is 16.3 Å². The fraction of sp³-hybridized carbons (Fsp3) is 0.577. The molecule has 2 aliphatic rings. The molecule has 0 aromatic heterocycles. The predicted octanol–water partition coefficient (Wildman–Crippen LogP) is 1.28. The second-order valence-electron chi connectivity index (χ2n) is 10.4. The molecule has 1 unspecified atom stereocenters. The van der Waals surface area contributed by atoms with Gasteiger partial charge in [-0.3, -0.25) is 9.69 Å².